The molecule has 0 atom stereocenters. The molecule has 2 nitrogen and oxygen atoms in total. The van der Waals surface area contributed by atoms with Crippen LogP contribution in [0.1, 0.15) is 30.7 Å². The van der Waals surface area contributed by atoms with Gasteiger partial charge in [0.15, 0.2) is 0 Å². The molecular formula is C15H22N2. The van der Waals surface area contributed by atoms with Crippen LogP contribution in [0.3, 0.4) is 0 Å². The highest BCUT2D eigenvalue weighted by Crippen LogP contribution is 2.24. The number of rotatable bonds is 3. The van der Waals surface area contributed by atoms with E-state index < -0.39 is 0 Å². The molecule has 0 aliphatic rings. The minimum Gasteiger partial charge on any atom is -0.346 e. The van der Waals surface area contributed by atoms with Crippen molar-refractivity contribution in [2.45, 2.75) is 40.3 Å². The van der Waals surface area contributed by atoms with E-state index >= 15 is 0 Å². The van der Waals surface area contributed by atoms with Crippen LogP contribution in [-0.4, -0.2) is 10.6 Å². The van der Waals surface area contributed by atoms with E-state index in [0.717, 1.165) is 6.54 Å². The summed E-state index contributed by atoms with van der Waals surface area (Å²) in [5, 5.41) is 4.82. The lowest BCUT2D eigenvalue weighted by Crippen LogP contribution is -2.23. The van der Waals surface area contributed by atoms with E-state index in [9.17, 15) is 0 Å². The zero-order valence-corrected chi connectivity index (χ0v) is 11.5. The van der Waals surface area contributed by atoms with Gasteiger partial charge in [-0.3, -0.25) is 0 Å². The summed E-state index contributed by atoms with van der Waals surface area (Å²) in [5.41, 5.74) is 5.47. The van der Waals surface area contributed by atoms with Crippen molar-refractivity contribution in [1.82, 2.24) is 9.88 Å². The first-order valence-corrected chi connectivity index (χ1v) is 6.28. The highest BCUT2D eigenvalue weighted by Gasteiger charge is 2.09. The van der Waals surface area contributed by atoms with Crippen molar-refractivity contribution in [3.05, 3.63) is 35.0 Å². The predicted molar refractivity (Wildman–Crippen MR) is 74.4 cm³/mol. The van der Waals surface area contributed by atoms with Gasteiger partial charge >= 0.3 is 0 Å². The standard InChI is InChI=1S/C15H22N2/c1-10(2)16-9-14-8-13-7-6-11(3)12(4)15(13)17(14)5/h6-8,10,16H,9H2,1-5H3. The normalized spacial score (nSPS) is 11.6. The van der Waals surface area contributed by atoms with E-state index in [4.69, 9.17) is 0 Å². The number of nitrogens with one attached hydrogen (secondary N) is 1. The minimum atomic E-state index is 0.524. The number of nitrogens with zero attached hydrogens (tertiary/aromatic N) is 1. The number of fused-ring (bicyclic) bond motifs is 1. The van der Waals surface area contributed by atoms with Gasteiger partial charge in [0.05, 0.1) is 5.52 Å². The minimum absolute atomic E-state index is 0.524. The van der Waals surface area contributed by atoms with Crippen LogP contribution in [0.2, 0.25) is 0 Å². The SMILES string of the molecule is Cc1ccc2cc(CNC(C)C)n(C)c2c1C. The molecule has 1 N–H and O–H groups in total. The molecule has 1 heterocycles. The fourth-order valence-corrected chi connectivity index (χ4v) is 2.28. The first kappa shape index (κ1) is 12.2. The van der Waals surface area contributed by atoms with Crippen LogP contribution in [0.4, 0.5) is 0 Å². The molecule has 0 fully saturated rings. The smallest absolute Gasteiger partial charge is 0.0512 e. The van der Waals surface area contributed by atoms with Gasteiger partial charge < -0.3 is 9.88 Å². The Morgan fingerprint density at radius 2 is 1.94 bits per heavy atom. The maximum atomic E-state index is 3.48. The molecule has 17 heavy (non-hydrogen) atoms. The second kappa shape index (κ2) is 4.53. The maximum Gasteiger partial charge on any atom is 0.0512 e. The summed E-state index contributed by atoms with van der Waals surface area (Å²) < 4.78 is 2.31. The Hall–Kier alpha value is -1.28. The summed E-state index contributed by atoms with van der Waals surface area (Å²) in [4.78, 5) is 0. The van der Waals surface area contributed by atoms with Crippen LogP contribution in [0.15, 0.2) is 18.2 Å². The summed E-state index contributed by atoms with van der Waals surface area (Å²) >= 11 is 0. The number of hydrogen-bond acceptors (Lipinski definition) is 1. The molecule has 0 aliphatic carbocycles. The molecule has 0 radical (unpaired) electrons. The lowest BCUT2D eigenvalue weighted by atomic mass is 10.1. The van der Waals surface area contributed by atoms with Gasteiger partial charge in [0.2, 0.25) is 0 Å². The Balaban J connectivity index is 2.46. The number of benzene rings is 1. The zero-order chi connectivity index (χ0) is 12.6. The summed E-state index contributed by atoms with van der Waals surface area (Å²) in [5.74, 6) is 0. The van der Waals surface area contributed by atoms with Crippen LogP contribution in [0.5, 0.6) is 0 Å². The molecule has 1 aromatic heterocycles. The van der Waals surface area contributed by atoms with Gasteiger partial charge in [-0.1, -0.05) is 26.0 Å². The van der Waals surface area contributed by atoms with Crippen molar-refractivity contribution < 1.29 is 0 Å². The van der Waals surface area contributed by atoms with Gasteiger partial charge in [-0.2, -0.15) is 0 Å². The van der Waals surface area contributed by atoms with Gasteiger partial charge in [0.25, 0.3) is 0 Å². The summed E-state index contributed by atoms with van der Waals surface area (Å²) in [6.45, 7) is 9.67. The quantitative estimate of drug-likeness (QED) is 0.856. The summed E-state index contributed by atoms with van der Waals surface area (Å²) in [7, 11) is 2.16. The van der Waals surface area contributed by atoms with Crippen LogP contribution >= 0.6 is 0 Å². The van der Waals surface area contributed by atoms with Crippen molar-refractivity contribution in [2.24, 2.45) is 7.05 Å². The molecule has 2 heteroatoms. The molecule has 0 saturated carbocycles. The Morgan fingerprint density at radius 3 is 2.59 bits per heavy atom. The van der Waals surface area contributed by atoms with Gasteiger partial charge in [0.1, 0.15) is 0 Å². The second-order valence-corrected chi connectivity index (χ2v) is 5.18. The van der Waals surface area contributed by atoms with Crippen LogP contribution < -0.4 is 5.32 Å². The van der Waals surface area contributed by atoms with Crippen LogP contribution in [0.25, 0.3) is 10.9 Å². The fraction of sp³-hybridized carbons (Fsp3) is 0.467. The van der Waals surface area contributed by atoms with Gasteiger partial charge in [-0.05, 0) is 31.0 Å². The van der Waals surface area contributed by atoms with Gasteiger partial charge in [0, 0.05) is 30.7 Å². The van der Waals surface area contributed by atoms with Crippen molar-refractivity contribution in [2.75, 3.05) is 0 Å². The highest BCUT2D eigenvalue weighted by atomic mass is 15.0. The Kier molecular flexibility index (Phi) is 3.25. The molecule has 0 bridgehead atoms. The second-order valence-electron chi connectivity index (χ2n) is 5.18. The maximum absolute atomic E-state index is 3.48. The largest absolute Gasteiger partial charge is 0.346 e. The Morgan fingerprint density at radius 1 is 1.24 bits per heavy atom. The summed E-state index contributed by atoms with van der Waals surface area (Å²) in [6, 6.07) is 7.24. The Labute approximate surface area is 104 Å². The average Bonchev–Trinajstić information content (AvgIpc) is 2.59. The van der Waals surface area contributed by atoms with Crippen molar-refractivity contribution in [1.29, 1.82) is 0 Å². The van der Waals surface area contributed by atoms with E-state index in [1.54, 1.807) is 0 Å². The Bertz CT molecular complexity index is 535. The van der Waals surface area contributed by atoms with E-state index in [2.05, 4.69) is 62.8 Å². The molecule has 0 amide bonds. The topological polar surface area (TPSA) is 17.0 Å². The molecule has 92 valence electrons. The van der Waals surface area contributed by atoms with Crippen molar-refractivity contribution in [3.63, 3.8) is 0 Å². The average molecular weight is 230 g/mol. The highest BCUT2D eigenvalue weighted by molar-refractivity contribution is 5.85. The van der Waals surface area contributed by atoms with E-state index in [1.807, 2.05) is 0 Å². The van der Waals surface area contributed by atoms with Gasteiger partial charge in [-0.15, -0.1) is 0 Å². The molecular weight excluding hydrogens is 208 g/mol. The lowest BCUT2D eigenvalue weighted by molar-refractivity contribution is 0.572. The lowest BCUT2D eigenvalue weighted by Gasteiger charge is -2.10. The molecule has 1 aromatic carbocycles. The van der Waals surface area contributed by atoms with Crippen molar-refractivity contribution in [3.8, 4) is 0 Å². The molecule has 0 spiro atoms. The third-order valence-corrected chi connectivity index (χ3v) is 3.51. The predicted octanol–water partition coefficient (Wildman–Crippen LogP) is 3.29. The van der Waals surface area contributed by atoms with Crippen LogP contribution in [-0.2, 0) is 13.6 Å². The fourth-order valence-electron chi connectivity index (χ4n) is 2.28. The molecule has 2 rings (SSSR count). The molecule has 2 aromatic rings. The first-order valence-electron chi connectivity index (χ1n) is 6.28. The van der Waals surface area contributed by atoms with E-state index in [0.29, 0.717) is 6.04 Å². The van der Waals surface area contributed by atoms with E-state index in [-0.39, 0.29) is 0 Å². The van der Waals surface area contributed by atoms with E-state index in [1.165, 1.54) is 27.7 Å². The van der Waals surface area contributed by atoms with Crippen molar-refractivity contribution >= 4 is 10.9 Å². The zero-order valence-electron chi connectivity index (χ0n) is 11.5. The summed E-state index contributed by atoms with van der Waals surface area (Å²) in [6.07, 6.45) is 0. The monoisotopic (exact) mass is 230 g/mol. The molecule has 0 unspecified atom stereocenters. The molecule has 0 saturated heterocycles. The van der Waals surface area contributed by atoms with Crippen LogP contribution in [0, 0.1) is 13.8 Å². The number of aromatic nitrogens is 1. The number of hydrogen-bond donors (Lipinski definition) is 1. The third-order valence-electron chi connectivity index (χ3n) is 3.51. The number of aryl methyl sites for hydroxylation is 3. The molecule has 0 aliphatic heterocycles. The third kappa shape index (κ3) is 2.22. The van der Waals surface area contributed by atoms with Gasteiger partial charge in [-0.25, -0.2) is 0 Å². The first-order chi connectivity index (χ1) is 8.00.